The van der Waals surface area contributed by atoms with Crippen LogP contribution in [0.1, 0.15) is 23.7 Å². The minimum absolute atomic E-state index is 0.668. The molecule has 4 nitrogen and oxygen atoms in total. The fourth-order valence-electron chi connectivity index (χ4n) is 2.24. The Morgan fingerprint density at radius 1 is 1.21 bits per heavy atom. The monoisotopic (exact) mass is 255 g/mol. The van der Waals surface area contributed by atoms with Gasteiger partial charge in [-0.1, -0.05) is 19.1 Å². The number of hydrogen-bond acceptors (Lipinski definition) is 4. The van der Waals surface area contributed by atoms with Crippen LogP contribution in [0.15, 0.2) is 30.6 Å². The van der Waals surface area contributed by atoms with Gasteiger partial charge in [0.15, 0.2) is 0 Å². The summed E-state index contributed by atoms with van der Waals surface area (Å²) in [4.78, 5) is 8.57. The lowest BCUT2D eigenvalue weighted by Crippen LogP contribution is -2.25. The van der Waals surface area contributed by atoms with Crippen LogP contribution in [-0.4, -0.2) is 16.5 Å². The number of hydrogen-bond donors (Lipinski definition) is 1. The summed E-state index contributed by atoms with van der Waals surface area (Å²) in [5, 5.41) is 3.33. The van der Waals surface area contributed by atoms with Gasteiger partial charge in [-0.05, 0) is 24.1 Å². The van der Waals surface area contributed by atoms with Crippen LogP contribution in [-0.2, 0) is 19.4 Å². The molecule has 1 aromatic heterocycles. The number of fused-ring (bicyclic) bond motifs is 1. The van der Waals surface area contributed by atoms with Crippen LogP contribution in [0.4, 0.5) is 0 Å². The predicted molar refractivity (Wildman–Crippen MR) is 73.3 cm³/mol. The minimum atomic E-state index is 0.668. The molecule has 0 saturated heterocycles. The smallest absolute Gasteiger partial charge is 0.227 e. The predicted octanol–water partition coefficient (Wildman–Crippen LogP) is 2.48. The summed E-state index contributed by atoms with van der Waals surface area (Å²) < 4.78 is 5.89. The first kappa shape index (κ1) is 12.1. The summed E-state index contributed by atoms with van der Waals surface area (Å²) in [6.07, 6.45) is 3.55. The van der Waals surface area contributed by atoms with Gasteiger partial charge in [0.2, 0.25) is 5.88 Å². The van der Waals surface area contributed by atoms with Crippen molar-refractivity contribution >= 4 is 0 Å². The Morgan fingerprint density at radius 3 is 2.84 bits per heavy atom. The van der Waals surface area contributed by atoms with Crippen LogP contribution >= 0.6 is 0 Å². The Hall–Kier alpha value is -1.94. The molecule has 3 rings (SSSR count). The van der Waals surface area contributed by atoms with E-state index < -0.39 is 0 Å². The number of aromatic nitrogens is 2. The van der Waals surface area contributed by atoms with Crippen molar-refractivity contribution in [2.24, 2.45) is 0 Å². The molecule has 0 spiro atoms. The van der Waals surface area contributed by atoms with Crippen LogP contribution in [0, 0.1) is 0 Å². The average molecular weight is 255 g/mol. The number of rotatable bonds is 3. The third kappa shape index (κ3) is 2.58. The number of nitrogens with one attached hydrogen (secondary N) is 1. The van der Waals surface area contributed by atoms with E-state index in [9.17, 15) is 0 Å². The van der Waals surface area contributed by atoms with Gasteiger partial charge < -0.3 is 10.1 Å². The zero-order valence-corrected chi connectivity index (χ0v) is 11.0. The van der Waals surface area contributed by atoms with Crippen LogP contribution in [0.25, 0.3) is 0 Å². The first-order valence-electron chi connectivity index (χ1n) is 6.67. The fourth-order valence-corrected chi connectivity index (χ4v) is 2.24. The molecule has 4 heteroatoms. The molecule has 2 heterocycles. The van der Waals surface area contributed by atoms with Gasteiger partial charge in [0, 0.05) is 19.5 Å². The second-order valence-electron chi connectivity index (χ2n) is 4.63. The van der Waals surface area contributed by atoms with E-state index in [4.69, 9.17) is 4.74 Å². The highest BCUT2D eigenvalue weighted by Gasteiger charge is 2.16. The quantitative estimate of drug-likeness (QED) is 0.915. The second kappa shape index (κ2) is 5.36. The van der Waals surface area contributed by atoms with E-state index in [2.05, 4.69) is 34.3 Å². The van der Waals surface area contributed by atoms with Crippen molar-refractivity contribution in [3.05, 3.63) is 47.4 Å². The maximum absolute atomic E-state index is 5.89. The van der Waals surface area contributed by atoms with E-state index in [0.29, 0.717) is 5.88 Å². The molecule has 1 N–H and O–H groups in total. The molecule has 0 atom stereocenters. The molecule has 0 saturated carbocycles. The Balaban J connectivity index is 1.86. The van der Waals surface area contributed by atoms with Crippen LogP contribution in [0.5, 0.6) is 11.6 Å². The van der Waals surface area contributed by atoms with Crippen molar-refractivity contribution in [3.8, 4) is 11.6 Å². The van der Waals surface area contributed by atoms with Gasteiger partial charge >= 0.3 is 0 Å². The Labute approximate surface area is 112 Å². The highest BCUT2D eigenvalue weighted by Crippen LogP contribution is 2.26. The first-order valence-corrected chi connectivity index (χ1v) is 6.67. The highest BCUT2D eigenvalue weighted by molar-refractivity contribution is 5.36. The summed E-state index contributed by atoms with van der Waals surface area (Å²) in [7, 11) is 0. The van der Waals surface area contributed by atoms with E-state index in [1.165, 1.54) is 5.56 Å². The normalized spacial score (nSPS) is 13.9. The average Bonchev–Trinajstić information content (AvgIpc) is 2.48. The number of benzene rings is 1. The molecular weight excluding hydrogens is 238 g/mol. The molecule has 0 bridgehead atoms. The van der Waals surface area contributed by atoms with Gasteiger partial charge in [0.1, 0.15) is 12.1 Å². The van der Waals surface area contributed by atoms with Crippen LogP contribution < -0.4 is 10.1 Å². The van der Waals surface area contributed by atoms with Crippen molar-refractivity contribution in [2.75, 3.05) is 6.54 Å². The lowest BCUT2D eigenvalue weighted by molar-refractivity contribution is 0.444. The summed E-state index contributed by atoms with van der Waals surface area (Å²) >= 11 is 0. The van der Waals surface area contributed by atoms with Crippen LogP contribution in [0.3, 0.4) is 0 Å². The third-order valence-corrected chi connectivity index (χ3v) is 3.38. The first-order chi connectivity index (χ1) is 9.36. The fraction of sp³-hybridized carbons (Fsp3) is 0.333. The number of ether oxygens (including phenoxy) is 1. The van der Waals surface area contributed by atoms with Crippen molar-refractivity contribution in [1.29, 1.82) is 0 Å². The van der Waals surface area contributed by atoms with E-state index in [-0.39, 0.29) is 0 Å². The molecule has 1 aromatic carbocycles. The molecule has 19 heavy (non-hydrogen) atoms. The Morgan fingerprint density at radius 2 is 2.05 bits per heavy atom. The van der Waals surface area contributed by atoms with Gasteiger partial charge in [-0.2, -0.15) is 0 Å². The molecule has 0 aliphatic carbocycles. The van der Waals surface area contributed by atoms with Crippen molar-refractivity contribution < 1.29 is 4.74 Å². The molecule has 0 unspecified atom stereocenters. The molecule has 0 fully saturated rings. The van der Waals surface area contributed by atoms with Gasteiger partial charge in [-0.25, -0.2) is 9.97 Å². The third-order valence-electron chi connectivity index (χ3n) is 3.38. The highest BCUT2D eigenvalue weighted by atomic mass is 16.5. The Kier molecular flexibility index (Phi) is 3.42. The van der Waals surface area contributed by atoms with Crippen molar-refractivity contribution in [2.45, 2.75) is 26.3 Å². The van der Waals surface area contributed by atoms with Gasteiger partial charge in [-0.3, -0.25) is 0 Å². The number of aryl methyl sites for hydroxylation is 1. The summed E-state index contributed by atoms with van der Waals surface area (Å²) in [5.41, 5.74) is 3.47. The second-order valence-corrected chi connectivity index (χ2v) is 4.63. The lowest BCUT2D eigenvalue weighted by Gasteiger charge is -2.18. The summed E-state index contributed by atoms with van der Waals surface area (Å²) in [5.74, 6) is 1.49. The number of nitrogens with zero attached hydrogens (tertiary/aromatic N) is 2. The molecular formula is C15H17N3O. The van der Waals surface area contributed by atoms with Crippen molar-refractivity contribution in [3.63, 3.8) is 0 Å². The van der Waals surface area contributed by atoms with Gasteiger partial charge in [-0.15, -0.1) is 0 Å². The van der Waals surface area contributed by atoms with E-state index in [1.807, 2.05) is 12.1 Å². The minimum Gasteiger partial charge on any atom is -0.439 e. The summed E-state index contributed by atoms with van der Waals surface area (Å²) in [6.45, 7) is 3.88. The maximum atomic E-state index is 5.89. The molecule has 1 aliphatic rings. The molecule has 2 aromatic rings. The van der Waals surface area contributed by atoms with E-state index in [0.717, 1.165) is 42.9 Å². The zero-order chi connectivity index (χ0) is 13.1. The largest absolute Gasteiger partial charge is 0.439 e. The Bertz CT molecular complexity index is 566. The standard InChI is InChI=1S/C15H17N3O/c1-2-11-3-5-12(6-4-11)19-15-13-9-16-8-7-14(13)17-10-18-15/h3-6,10,16H,2,7-9H2,1H3. The van der Waals surface area contributed by atoms with E-state index >= 15 is 0 Å². The SMILES string of the molecule is CCc1ccc(Oc2ncnc3c2CNCC3)cc1. The van der Waals surface area contributed by atoms with Gasteiger partial charge in [0.25, 0.3) is 0 Å². The topological polar surface area (TPSA) is 47.0 Å². The molecule has 0 radical (unpaired) electrons. The molecule has 98 valence electrons. The zero-order valence-electron chi connectivity index (χ0n) is 11.0. The molecule has 0 amide bonds. The van der Waals surface area contributed by atoms with Crippen LogP contribution in [0.2, 0.25) is 0 Å². The molecule has 1 aliphatic heterocycles. The van der Waals surface area contributed by atoms with E-state index in [1.54, 1.807) is 6.33 Å². The lowest BCUT2D eigenvalue weighted by atomic mass is 10.1. The van der Waals surface area contributed by atoms with Gasteiger partial charge in [0.05, 0.1) is 11.3 Å². The maximum Gasteiger partial charge on any atom is 0.227 e. The summed E-state index contributed by atoms with van der Waals surface area (Å²) in [6, 6.07) is 8.15. The van der Waals surface area contributed by atoms with Crippen molar-refractivity contribution in [1.82, 2.24) is 15.3 Å².